The number of thiophene rings is 1. The first kappa shape index (κ1) is 29.9. The Balaban J connectivity index is 1.36. The van der Waals surface area contributed by atoms with Crippen LogP contribution in [-0.4, -0.2) is 0 Å². The Bertz CT molecular complexity index is 2470. The SMILES string of the molecule is c1ccc(-c2ccccc2-c2ccccc2N(c2ccccc2-c2ccccc2-c2ccccc2)c2cccc3sc4ccccc4c23)cc1. The molecule has 0 fully saturated rings. The van der Waals surface area contributed by atoms with E-state index in [0.29, 0.717) is 0 Å². The molecule has 0 unspecified atom stereocenters. The number of benzene rings is 8. The predicted octanol–water partition coefficient (Wildman–Crippen LogP) is 14.2. The Morgan fingerprint density at radius 3 is 1.24 bits per heavy atom. The second-order valence-electron chi connectivity index (χ2n) is 12.4. The normalized spacial score (nSPS) is 11.2. The predicted molar refractivity (Wildman–Crippen MR) is 216 cm³/mol. The average Bonchev–Trinajstić information content (AvgIpc) is 3.59. The van der Waals surface area contributed by atoms with Gasteiger partial charge in [-0.25, -0.2) is 0 Å². The molecule has 1 heterocycles. The van der Waals surface area contributed by atoms with Gasteiger partial charge in [0, 0.05) is 31.3 Å². The van der Waals surface area contributed by atoms with Gasteiger partial charge in [-0.05, 0) is 63.7 Å². The summed E-state index contributed by atoms with van der Waals surface area (Å²) in [5, 5.41) is 2.54. The summed E-state index contributed by atoms with van der Waals surface area (Å²) in [4.78, 5) is 2.51. The van der Waals surface area contributed by atoms with Crippen LogP contribution in [0.15, 0.2) is 200 Å². The summed E-state index contributed by atoms with van der Waals surface area (Å²) < 4.78 is 2.57. The molecule has 0 N–H and O–H groups in total. The lowest BCUT2D eigenvalue weighted by molar-refractivity contribution is 1.30. The van der Waals surface area contributed by atoms with Crippen molar-refractivity contribution in [3.63, 3.8) is 0 Å². The maximum absolute atomic E-state index is 2.51. The van der Waals surface area contributed by atoms with Gasteiger partial charge in [-0.15, -0.1) is 11.3 Å². The van der Waals surface area contributed by atoms with Crippen molar-refractivity contribution >= 4 is 48.6 Å². The summed E-state index contributed by atoms with van der Waals surface area (Å²) in [5.41, 5.74) is 13.0. The van der Waals surface area contributed by atoms with Crippen molar-refractivity contribution in [2.45, 2.75) is 0 Å². The topological polar surface area (TPSA) is 3.24 Å². The van der Waals surface area contributed by atoms with Crippen LogP contribution in [-0.2, 0) is 0 Å². The molecule has 0 amide bonds. The van der Waals surface area contributed by atoms with Gasteiger partial charge in [0.25, 0.3) is 0 Å². The van der Waals surface area contributed by atoms with Crippen molar-refractivity contribution < 1.29 is 0 Å². The van der Waals surface area contributed by atoms with Crippen molar-refractivity contribution in [2.24, 2.45) is 0 Å². The van der Waals surface area contributed by atoms with Crippen molar-refractivity contribution in [2.75, 3.05) is 4.90 Å². The second-order valence-corrected chi connectivity index (χ2v) is 13.5. The molecule has 8 aromatic carbocycles. The number of para-hydroxylation sites is 2. The van der Waals surface area contributed by atoms with Crippen LogP contribution in [0.2, 0.25) is 0 Å². The monoisotopic (exact) mass is 655 g/mol. The Kier molecular flexibility index (Phi) is 7.77. The van der Waals surface area contributed by atoms with Crippen LogP contribution >= 0.6 is 11.3 Å². The first-order valence-electron chi connectivity index (χ1n) is 17.0. The van der Waals surface area contributed by atoms with E-state index < -0.39 is 0 Å². The molecule has 0 aliphatic heterocycles. The highest BCUT2D eigenvalue weighted by Crippen LogP contribution is 2.50. The number of nitrogens with zero attached hydrogens (tertiary/aromatic N) is 1. The minimum atomic E-state index is 1.13. The van der Waals surface area contributed by atoms with E-state index in [-0.39, 0.29) is 0 Å². The molecule has 2 heteroatoms. The van der Waals surface area contributed by atoms with Crippen LogP contribution in [0.3, 0.4) is 0 Å². The van der Waals surface area contributed by atoms with Crippen molar-refractivity contribution in [1.29, 1.82) is 0 Å². The Morgan fingerprint density at radius 1 is 0.280 bits per heavy atom. The highest BCUT2D eigenvalue weighted by Gasteiger charge is 2.25. The largest absolute Gasteiger partial charge is 0.309 e. The molecule has 0 radical (unpaired) electrons. The lowest BCUT2D eigenvalue weighted by Gasteiger charge is -2.31. The van der Waals surface area contributed by atoms with Gasteiger partial charge in [-0.3, -0.25) is 0 Å². The fourth-order valence-corrected chi connectivity index (χ4v) is 8.43. The quantitative estimate of drug-likeness (QED) is 0.165. The summed E-state index contributed by atoms with van der Waals surface area (Å²) in [6.07, 6.45) is 0. The highest BCUT2D eigenvalue weighted by atomic mass is 32.1. The average molecular weight is 656 g/mol. The fourth-order valence-electron chi connectivity index (χ4n) is 7.30. The van der Waals surface area contributed by atoms with Crippen LogP contribution in [0.4, 0.5) is 17.1 Å². The van der Waals surface area contributed by atoms with Crippen molar-refractivity contribution in [3.8, 4) is 44.5 Å². The third kappa shape index (κ3) is 5.27. The number of hydrogen-bond acceptors (Lipinski definition) is 2. The van der Waals surface area contributed by atoms with E-state index >= 15 is 0 Å². The molecule has 1 aromatic heterocycles. The molecule has 0 spiro atoms. The summed E-state index contributed by atoms with van der Waals surface area (Å²) in [5.74, 6) is 0. The molecule has 9 aromatic rings. The third-order valence-electron chi connectivity index (χ3n) is 9.52. The molecule has 9 rings (SSSR count). The lowest BCUT2D eigenvalue weighted by Crippen LogP contribution is -2.13. The Morgan fingerprint density at radius 2 is 0.680 bits per heavy atom. The maximum atomic E-state index is 2.51. The van der Waals surface area contributed by atoms with Crippen LogP contribution < -0.4 is 4.90 Å². The molecule has 0 saturated carbocycles. The Hall–Kier alpha value is -6.22. The minimum Gasteiger partial charge on any atom is -0.309 e. The van der Waals surface area contributed by atoms with Gasteiger partial charge >= 0.3 is 0 Å². The zero-order chi connectivity index (χ0) is 33.3. The summed E-state index contributed by atoms with van der Waals surface area (Å²) >= 11 is 1.86. The van der Waals surface area contributed by atoms with Crippen molar-refractivity contribution in [3.05, 3.63) is 200 Å². The van der Waals surface area contributed by atoms with Crippen LogP contribution in [0.1, 0.15) is 0 Å². The third-order valence-corrected chi connectivity index (χ3v) is 10.7. The number of rotatable bonds is 7. The van der Waals surface area contributed by atoms with E-state index in [1.807, 2.05) is 11.3 Å². The van der Waals surface area contributed by atoms with Crippen LogP contribution in [0.25, 0.3) is 64.7 Å². The molecular formula is C48H33NS. The fraction of sp³-hybridized carbons (Fsp3) is 0. The van der Waals surface area contributed by atoms with E-state index in [2.05, 4.69) is 205 Å². The zero-order valence-electron chi connectivity index (χ0n) is 27.4. The molecule has 0 aliphatic carbocycles. The smallest absolute Gasteiger partial charge is 0.0555 e. The molecule has 236 valence electrons. The van der Waals surface area contributed by atoms with Crippen LogP contribution in [0.5, 0.6) is 0 Å². The maximum Gasteiger partial charge on any atom is 0.0555 e. The van der Waals surface area contributed by atoms with E-state index in [1.165, 1.54) is 64.7 Å². The van der Waals surface area contributed by atoms with E-state index in [0.717, 1.165) is 17.1 Å². The van der Waals surface area contributed by atoms with Gasteiger partial charge in [-0.1, -0.05) is 170 Å². The van der Waals surface area contributed by atoms with E-state index in [1.54, 1.807) is 0 Å². The molecule has 0 aliphatic rings. The van der Waals surface area contributed by atoms with Gasteiger partial charge in [0.05, 0.1) is 17.1 Å². The van der Waals surface area contributed by atoms with Gasteiger partial charge < -0.3 is 4.90 Å². The number of anilines is 3. The van der Waals surface area contributed by atoms with Crippen LogP contribution in [0, 0.1) is 0 Å². The minimum absolute atomic E-state index is 1.13. The van der Waals surface area contributed by atoms with Gasteiger partial charge in [0.15, 0.2) is 0 Å². The standard InChI is InChI=1S/C48H33NS/c1-3-18-34(19-4-1)36-22-7-9-24-38(36)40-26-11-14-29-43(40)49(45-31-17-33-47-48(45)42-28-13-16-32-46(42)50-47)44-30-15-12-27-41(44)39-25-10-8-23-37(39)35-20-5-2-6-21-35/h1-33H. The molecule has 0 bridgehead atoms. The van der Waals surface area contributed by atoms with Gasteiger partial charge in [0.1, 0.15) is 0 Å². The van der Waals surface area contributed by atoms with E-state index in [4.69, 9.17) is 0 Å². The summed E-state index contributed by atoms with van der Waals surface area (Å²) in [6, 6.07) is 72.4. The highest BCUT2D eigenvalue weighted by molar-refractivity contribution is 7.26. The van der Waals surface area contributed by atoms with Gasteiger partial charge in [-0.2, -0.15) is 0 Å². The number of fused-ring (bicyclic) bond motifs is 3. The van der Waals surface area contributed by atoms with Crippen molar-refractivity contribution in [1.82, 2.24) is 0 Å². The summed E-state index contributed by atoms with van der Waals surface area (Å²) in [7, 11) is 0. The molecule has 0 saturated heterocycles. The van der Waals surface area contributed by atoms with E-state index in [9.17, 15) is 0 Å². The number of hydrogen-bond donors (Lipinski definition) is 0. The molecule has 50 heavy (non-hydrogen) atoms. The first-order valence-corrected chi connectivity index (χ1v) is 17.8. The molecule has 1 nitrogen and oxygen atoms in total. The lowest BCUT2D eigenvalue weighted by atomic mass is 9.91. The molecule has 0 atom stereocenters. The molecular weight excluding hydrogens is 623 g/mol. The zero-order valence-corrected chi connectivity index (χ0v) is 28.2. The Labute approximate surface area is 297 Å². The second kappa shape index (κ2) is 13.0. The first-order chi connectivity index (χ1) is 24.8. The van der Waals surface area contributed by atoms with Gasteiger partial charge in [0.2, 0.25) is 0 Å². The summed E-state index contributed by atoms with van der Waals surface area (Å²) in [6.45, 7) is 0.